The fourth-order valence-corrected chi connectivity index (χ4v) is 3.98. The van der Waals surface area contributed by atoms with Crippen LogP contribution in [-0.2, 0) is 4.79 Å². The Morgan fingerprint density at radius 1 is 0.957 bits per heavy atom. The highest BCUT2D eigenvalue weighted by Crippen LogP contribution is 2.37. The number of amides is 1. The molecule has 0 spiro atoms. The maximum absolute atomic E-state index is 12.2. The number of benzene rings is 2. The summed E-state index contributed by atoms with van der Waals surface area (Å²) in [6.07, 6.45) is 5.29. The first-order chi connectivity index (χ1) is 11.3. The summed E-state index contributed by atoms with van der Waals surface area (Å²) in [5, 5.41) is 0. The topological polar surface area (TPSA) is 20.3 Å². The highest BCUT2D eigenvalue weighted by molar-refractivity contribution is 5.83. The summed E-state index contributed by atoms with van der Waals surface area (Å²) in [5.41, 5.74) is 3.70. The summed E-state index contributed by atoms with van der Waals surface area (Å²) in [6, 6.07) is 21.4. The fraction of sp³-hybridized carbons (Fsp3) is 0.286. The lowest BCUT2D eigenvalue weighted by atomic mass is 9.90. The maximum Gasteiger partial charge on any atom is 0.223 e. The molecule has 2 nitrogen and oxygen atoms in total. The van der Waals surface area contributed by atoms with Crippen LogP contribution in [0.2, 0.25) is 0 Å². The molecule has 2 aliphatic rings. The Hall–Kier alpha value is -2.35. The van der Waals surface area contributed by atoms with Gasteiger partial charge >= 0.3 is 0 Å². The molecule has 2 aromatic rings. The molecule has 2 saturated heterocycles. The van der Waals surface area contributed by atoms with E-state index in [0.29, 0.717) is 24.3 Å². The second-order valence-electron chi connectivity index (χ2n) is 6.48. The summed E-state index contributed by atoms with van der Waals surface area (Å²) in [5.74, 6) is 0.662. The molecule has 0 aliphatic carbocycles. The molecule has 0 unspecified atom stereocenters. The van der Waals surface area contributed by atoms with Crippen molar-refractivity contribution in [3.63, 3.8) is 0 Å². The Balaban J connectivity index is 1.75. The largest absolute Gasteiger partial charge is 0.339 e. The van der Waals surface area contributed by atoms with E-state index in [1.54, 1.807) is 0 Å². The number of hydrogen-bond donors (Lipinski definition) is 0. The molecule has 0 saturated carbocycles. The molecular weight excluding hydrogens is 282 g/mol. The van der Waals surface area contributed by atoms with Gasteiger partial charge < -0.3 is 4.90 Å². The van der Waals surface area contributed by atoms with Gasteiger partial charge in [0.2, 0.25) is 5.91 Å². The quantitative estimate of drug-likeness (QED) is 0.835. The summed E-state index contributed by atoms with van der Waals surface area (Å²) in [4.78, 5) is 14.3. The Morgan fingerprint density at radius 2 is 1.57 bits per heavy atom. The molecule has 2 aliphatic heterocycles. The minimum absolute atomic E-state index is 0.328. The first kappa shape index (κ1) is 14.3. The monoisotopic (exact) mass is 303 g/mol. The number of hydrogen-bond acceptors (Lipinski definition) is 1. The van der Waals surface area contributed by atoms with Crippen molar-refractivity contribution in [2.24, 2.45) is 5.92 Å². The van der Waals surface area contributed by atoms with E-state index in [0.717, 1.165) is 19.4 Å². The van der Waals surface area contributed by atoms with Crippen LogP contribution in [0.3, 0.4) is 0 Å². The SMILES string of the molecule is O=C1C[C@@H](C=C(c2ccccc2)c2ccccc2)[C@@H]2CCCN12. The van der Waals surface area contributed by atoms with Gasteiger partial charge in [-0.25, -0.2) is 0 Å². The molecule has 2 heteroatoms. The van der Waals surface area contributed by atoms with E-state index in [1.165, 1.54) is 16.7 Å². The van der Waals surface area contributed by atoms with Crippen molar-refractivity contribution >= 4 is 11.5 Å². The molecule has 4 rings (SSSR count). The van der Waals surface area contributed by atoms with Crippen LogP contribution in [-0.4, -0.2) is 23.4 Å². The molecule has 0 radical (unpaired) electrons. The van der Waals surface area contributed by atoms with Gasteiger partial charge in [0, 0.05) is 24.9 Å². The van der Waals surface area contributed by atoms with Gasteiger partial charge in [0.25, 0.3) is 0 Å². The van der Waals surface area contributed by atoms with Gasteiger partial charge in [-0.3, -0.25) is 4.79 Å². The van der Waals surface area contributed by atoms with Crippen molar-refractivity contribution in [2.45, 2.75) is 25.3 Å². The highest BCUT2D eigenvalue weighted by Gasteiger charge is 2.41. The predicted molar refractivity (Wildman–Crippen MR) is 92.8 cm³/mol. The molecule has 2 aromatic carbocycles. The Bertz CT molecular complexity index is 679. The van der Waals surface area contributed by atoms with Crippen molar-refractivity contribution in [1.29, 1.82) is 0 Å². The smallest absolute Gasteiger partial charge is 0.223 e. The van der Waals surface area contributed by atoms with Crippen molar-refractivity contribution < 1.29 is 4.79 Å². The predicted octanol–water partition coefficient (Wildman–Crippen LogP) is 4.13. The number of carbonyl (C=O) groups is 1. The van der Waals surface area contributed by atoms with E-state index in [4.69, 9.17) is 0 Å². The first-order valence-corrected chi connectivity index (χ1v) is 8.45. The Morgan fingerprint density at radius 3 is 2.17 bits per heavy atom. The molecule has 2 heterocycles. The molecular formula is C21H21NO. The lowest BCUT2D eigenvalue weighted by molar-refractivity contribution is -0.127. The fourth-order valence-electron chi connectivity index (χ4n) is 3.98. The molecule has 116 valence electrons. The lowest BCUT2D eigenvalue weighted by Gasteiger charge is -2.19. The second-order valence-corrected chi connectivity index (χ2v) is 6.48. The molecule has 2 fully saturated rings. The zero-order chi connectivity index (χ0) is 15.6. The third kappa shape index (κ3) is 2.70. The average molecular weight is 303 g/mol. The van der Waals surface area contributed by atoms with Crippen LogP contribution in [0.4, 0.5) is 0 Å². The highest BCUT2D eigenvalue weighted by atomic mass is 16.2. The Labute approximate surface area is 137 Å². The van der Waals surface area contributed by atoms with E-state index < -0.39 is 0 Å². The van der Waals surface area contributed by atoms with E-state index in [9.17, 15) is 4.79 Å². The summed E-state index contributed by atoms with van der Waals surface area (Å²) in [6.45, 7) is 0.944. The first-order valence-electron chi connectivity index (χ1n) is 8.45. The van der Waals surface area contributed by atoms with Crippen molar-refractivity contribution in [1.82, 2.24) is 4.90 Å². The lowest BCUT2D eigenvalue weighted by Crippen LogP contribution is -2.28. The minimum atomic E-state index is 0.328. The van der Waals surface area contributed by atoms with Crippen LogP contribution >= 0.6 is 0 Å². The minimum Gasteiger partial charge on any atom is -0.339 e. The normalized spacial score (nSPS) is 23.0. The van der Waals surface area contributed by atoms with Crippen LogP contribution in [0.1, 0.15) is 30.4 Å². The van der Waals surface area contributed by atoms with Gasteiger partial charge in [-0.15, -0.1) is 0 Å². The molecule has 0 N–H and O–H groups in total. The second kappa shape index (κ2) is 6.04. The van der Waals surface area contributed by atoms with Crippen LogP contribution < -0.4 is 0 Å². The van der Waals surface area contributed by atoms with Crippen LogP contribution in [0.15, 0.2) is 66.7 Å². The van der Waals surface area contributed by atoms with Crippen molar-refractivity contribution in [2.75, 3.05) is 6.54 Å². The van der Waals surface area contributed by atoms with E-state index in [2.05, 4.69) is 59.5 Å². The molecule has 2 atom stereocenters. The summed E-state index contributed by atoms with van der Waals surface area (Å²) >= 11 is 0. The van der Waals surface area contributed by atoms with Crippen LogP contribution in [0, 0.1) is 5.92 Å². The summed E-state index contributed by atoms with van der Waals surface area (Å²) < 4.78 is 0. The van der Waals surface area contributed by atoms with E-state index in [-0.39, 0.29) is 0 Å². The van der Waals surface area contributed by atoms with Crippen LogP contribution in [0.5, 0.6) is 0 Å². The number of fused-ring (bicyclic) bond motifs is 1. The van der Waals surface area contributed by atoms with E-state index >= 15 is 0 Å². The third-order valence-corrected chi connectivity index (χ3v) is 5.07. The summed E-state index contributed by atoms with van der Waals surface area (Å²) in [7, 11) is 0. The number of nitrogens with zero attached hydrogens (tertiary/aromatic N) is 1. The average Bonchev–Trinajstić information content (AvgIpc) is 3.19. The van der Waals surface area contributed by atoms with Crippen LogP contribution in [0.25, 0.3) is 5.57 Å². The van der Waals surface area contributed by atoms with Crippen molar-refractivity contribution in [3.8, 4) is 0 Å². The molecule has 23 heavy (non-hydrogen) atoms. The number of rotatable bonds is 3. The van der Waals surface area contributed by atoms with Crippen molar-refractivity contribution in [3.05, 3.63) is 77.9 Å². The zero-order valence-corrected chi connectivity index (χ0v) is 13.2. The van der Waals surface area contributed by atoms with Gasteiger partial charge in [0.1, 0.15) is 0 Å². The van der Waals surface area contributed by atoms with Gasteiger partial charge in [-0.05, 0) is 29.5 Å². The van der Waals surface area contributed by atoms with Gasteiger partial charge in [-0.2, -0.15) is 0 Å². The molecule has 0 aromatic heterocycles. The zero-order valence-electron chi connectivity index (χ0n) is 13.2. The van der Waals surface area contributed by atoms with Gasteiger partial charge in [0.05, 0.1) is 0 Å². The molecule has 0 bridgehead atoms. The molecule has 1 amide bonds. The standard InChI is InChI=1S/C21H21NO/c23-21-15-18(20-12-7-13-22(20)21)14-19(16-8-3-1-4-9-16)17-10-5-2-6-11-17/h1-6,8-11,14,18,20H,7,12-13,15H2/t18-,20+/m1/s1. The van der Waals surface area contributed by atoms with Gasteiger partial charge in [0.15, 0.2) is 0 Å². The van der Waals surface area contributed by atoms with Gasteiger partial charge in [-0.1, -0.05) is 66.7 Å². The van der Waals surface area contributed by atoms with E-state index in [1.807, 2.05) is 12.1 Å². The number of carbonyl (C=O) groups excluding carboxylic acids is 1. The maximum atomic E-state index is 12.2. The Kier molecular flexibility index (Phi) is 3.74. The third-order valence-electron chi connectivity index (χ3n) is 5.07.